The molecule has 0 bridgehead atoms. The predicted molar refractivity (Wildman–Crippen MR) is 60.7 cm³/mol. The summed E-state index contributed by atoms with van der Waals surface area (Å²) < 4.78 is 57.2. The lowest BCUT2D eigenvalue weighted by atomic mass is 9.97. The van der Waals surface area contributed by atoms with Gasteiger partial charge in [-0.15, -0.1) is 0 Å². The van der Waals surface area contributed by atoms with Gasteiger partial charge < -0.3 is 10.1 Å². The lowest BCUT2D eigenvalue weighted by Crippen LogP contribution is -2.46. The van der Waals surface area contributed by atoms with Crippen molar-refractivity contribution in [2.45, 2.75) is 24.7 Å². The quantitative estimate of drug-likeness (QED) is 0.863. The molecule has 106 valence electrons. The maximum absolute atomic E-state index is 14.2. The van der Waals surface area contributed by atoms with Gasteiger partial charge in [-0.05, 0) is 31.5 Å². The minimum Gasteiger partial charge on any atom is -0.488 e. The first-order valence-electron chi connectivity index (χ1n) is 5.95. The Morgan fingerprint density at radius 2 is 2.21 bits per heavy atom. The molecule has 1 saturated heterocycles. The fourth-order valence-corrected chi connectivity index (χ4v) is 1.98. The van der Waals surface area contributed by atoms with Gasteiger partial charge in [0.1, 0.15) is 12.4 Å². The Kier molecular flexibility index (Phi) is 3.93. The van der Waals surface area contributed by atoms with Gasteiger partial charge in [-0.3, -0.25) is 0 Å². The average molecular weight is 278 g/mol. The monoisotopic (exact) mass is 278 g/mol. The van der Waals surface area contributed by atoms with E-state index in [0.717, 1.165) is 12.3 Å². The van der Waals surface area contributed by atoms with Crippen molar-refractivity contribution in [1.29, 1.82) is 0 Å². The van der Waals surface area contributed by atoms with E-state index in [2.05, 4.69) is 10.3 Å². The number of alkyl halides is 4. The highest BCUT2D eigenvalue weighted by molar-refractivity contribution is 5.29. The van der Waals surface area contributed by atoms with Crippen LogP contribution in [-0.4, -0.2) is 30.3 Å². The lowest BCUT2D eigenvalue weighted by Gasteiger charge is -2.30. The van der Waals surface area contributed by atoms with Crippen LogP contribution in [0.25, 0.3) is 0 Å². The summed E-state index contributed by atoms with van der Waals surface area (Å²) in [6, 6.07) is 2.48. The van der Waals surface area contributed by atoms with E-state index in [-0.39, 0.29) is 13.0 Å². The number of halogens is 4. The topological polar surface area (TPSA) is 34.1 Å². The number of pyridine rings is 1. The van der Waals surface area contributed by atoms with E-state index < -0.39 is 29.9 Å². The van der Waals surface area contributed by atoms with Crippen molar-refractivity contribution < 1.29 is 22.3 Å². The Bertz CT molecular complexity index is 430. The Balaban J connectivity index is 2.07. The summed E-state index contributed by atoms with van der Waals surface area (Å²) in [5.74, 6) is -0.433. The van der Waals surface area contributed by atoms with E-state index in [4.69, 9.17) is 4.74 Å². The van der Waals surface area contributed by atoms with Crippen molar-refractivity contribution in [3.8, 4) is 5.75 Å². The smallest absolute Gasteiger partial charge is 0.437 e. The second-order valence-corrected chi connectivity index (χ2v) is 4.57. The summed E-state index contributed by atoms with van der Waals surface area (Å²) in [5, 5.41) is 2.86. The first-order valence-corrected chi connectivity index (χ1v) is 5.95. The van der Waals surface area contributed by atoms with Crippen LogP contribution in [0.4, 0.5) is 17.6 Å². The number of ether oxygens (including phenoxy) is 1. The van der Waals surface area contributed by atoms with Gasteiger partial charge in [-0.25, -0.2) is 9.37 Å². The highest BCUT2D eigenvalue weighted by Crippen LogP contribution is 2.34. The zero-order valence-corrected chi connectivity index (χ0v) is 10.1. The minimum absolute atomic E-state index is 0.0919. The van der Waals surface area contributed by atoms with Crippen molar-refractivity contribution in [2.24, 2.45) is 0 Å². The molecule has 19 heavy (non-hydrogen) atoms. The van der Waals surface area contributed by atoms with Crippen molar-refractivity contribution in [3.63, 3.8) is 0 Å². The van der Waals surface area contributed by atoms with Gasteiger partial charge >= 0.3 is 6.18 Å². The third-order valence-electron chi connectivity index (χ3n) is 2.95. The molecule has 0 spiro atoms. The Labute approximate surface area is 108 Å². The summed E-state index contributed by atoms with van der Waals surface area (Å²) in [6.07, 6.45) is -2.66. The van der Waals surface area contributed by atoms with Crippen LogP contribution in [-0.2, 0) is 6.18 Å². The maximum atomic E-state index is 14.2. The molecule has 1 aliphatic rings. The molecule has 1 fully saturated rings. The number of nitrogens with one attached hydrogen (secondary N) is 1. The van der Waals surface area contributed by atoms with Crippen LogP contribution < -0.4 is 10.1 Å². The second kappa shape index (κ2) is 5.32. The fraction of sp³-hybridized carbons (Fsp3) is 0.583. The van der Waals surface area contributed by atoms with Crippen molar-refractivity contribution in [3.05, 3.63) is 24.0 Å². The molecule has 1 unspecified atom stereocenters. The van der Waals surface area contributed by atoms with E-state index in [1.54, 1.807) is 0 Å². The van der Waals surface area contributed by atoms with Gasteiger partial charge in [0.15, 0.2) is 11.4 Å². The average Bonchev–Trinajstić information content (AvgIpc) is 2.37. The first kappa shape index (κ1) is 14.0. The van der Waals surface area contributed by atoms with Crippen molar-refractivity contribution in [2.75, 3.05) is 19.7 Å². The molecule has 1 atom stereocenters. The molecular formula is C12H14F4N2O. The molecule has 2 heterocycles. The summed E-state index contributed by atoms with van der Waals surface area (Å²) in [4.78, 5) is 3.25. The fourth-order valence-electron chi connectivity index (χ4n) is 1.98. The predicted octanol–water partition coefficient (Wildman–Crippen LogP) is 2.57. The maximum Gasteiger partial charge on any atom is 0.437 e. The third-order valence-corrected chi connectivity index (χ3v) is 2.95. The molecule has 1 aliphatic heterocycles. The number of aromatic nitrogens is 1. The van der Waals surface area contributed by atoms with Crippen molar-refractivity contribution in [1.82, 2.24) is 10.3 Å². The van der Waals surface area contributed by atoms with Crippen LogP contribution in [0.5, 0.6) is 5.75 Å². The summed E-state index contributed by atoms with van der Waals surface area (Å²) in [6.45, 7) is 0.399. The molecule has 0 aliphatic carbocycles. The minimum atomic E-state index is -4.61. The molecule has 0 aromatic carbocycles. The molecule has 3 nitrogen and oxygen atoms in total. The standard InChI is InChI=1S/C12H14F4N2O/c13-11(4-2-5-17-7-11)8-19-9-3-1-6-18-10(9)12(14,15)16/h1,3,6,17H,2,4-5,7-8H2. The Hall–Kier alpha value is -1.37. The Morgan fingerprint density at radius 3 is 2.84 bits per heavy atom. The van der Waals surface area contributed by atoms with Gasteiger partial charge in [0.2, 0.25) is 0 Å². The zero-order valence-electron chi connectivity index (χ0n) is 10.1. The summed E-state index contributed by atoms with van der Waals surface area (Å²) in [5.41, 5.74) is -2.75. The van der Waals surface area contributed by atoms with Crippen LogP contribution in [0, 0.1) is 0 Å². The molecule has 7 heteroatoms. The Morgan fingerprint density at radius 1 is 1.42 bits per heavy atom. The lowest BCUT2D eigenvalue weighted by molar-refractivity contribution is -0.143. The molecule has 0 saturated carbocycles. The molecule has 2 rings (SSSR count). The van der Waals surface area contributed by atoms with Crippen LogP contribution in [0.1, 0.15) is 18.5 Å². The SMILES string of the molecule is FC1(COc2cccnc2C(F)(F)F)CCCNC1. The van der Waals surface area contributed by atoms with Crippen LogP contribution in [0.3, 0.4) is 0 Å². The van der Waals surface area contributed by atoms with Crippen LogP contribution in [0.2, 0.25) is 0 Å². The highest BCUT2D eigenvalue weighted by atomic mass is 19.4. The van der Waals surface area contributed by atoms with E-state index in [1.807, 2.05) is 0 Å². The van der Waals surface area contributed by atoms with Crippen LogP contribution in [0.15, 0.2) is 18.3 Å². The molecule has 1 aromatic rings. The van der Waals surface area contributed by atoms with Gasteiger partial charge in [0.05, 0.1) is 0 Å². The molecule has 0 amide bonds. The van der Waals surface area contributed by atoms with E-state index >= 15 is 0 Å². The number of piperidine rings is 1. The summed E-state index contributed by atoms with van der Waals surface area (Å²) in [7, 11) is 0. The summed E-state index contributed by atoms with van der Waals surface area (Å²) >= 11 is 0. The number of nitrogens with zero attached hydrogens (tertiary/aromatic N) is 1. The second-order valence-electron chi connectivity index (χ2n) is 4.57. The van der Waals surface area contributed by atoms with E-state index in [0.29, 0.717) is 13.0 Å². The number of hydrogen-bond acceptors (Lipinski definition) is 3. The highest BCUT2D eigenvalue weighted by Gasteiger charge is 2.38. The van der Waals surface area contributed by atoms with E-state index in [9.17, 15) is 17.6 Å². The van der Waals surface area contributed by atoms with Crippen molar-refractivity contribution >= 4 is 0 Å². The largest absolute Gasteiger partial charge is 0.488 e. The first-order chi connectivity index (χ1) is 8.91. The van der Waals surface area contributed by atoms with Gasteiger partial charge in [-0.1, -0.05) is 0 Å². The third kappa shape index (κ3) is 3.56. The van der Waals surface area contributed by atoms with Crippen LogP contribution >= 0.6 is 0 Å². The number of hydrogen-bond donors (Lipinski definition) is 1. The number of rotatable bonds is 3. The van der Waals surface area contributed by atoms with Gasteiger partial charge in [0, 0.05) is 12.7 Å². The molecule has 0 radical (unpaired) electrons. The van der Waals surface area contributed by atoms with Gasteiger partial charge in [-0.2, -0.15) is 13.2 Å². The van der Waals surface area contributed by atoms with Gasteiger partial charge in [0.25, 0.3) is 0 Å². The molecule has 1 N–H and O–H groups in total. The van der Waals surface area contributed by atoms with E-state index in [1.165, 1.54) is 6.07 Å². The zero-order chi connectivity index (χ0) is 13.9. The molecular weight excluding hydrogens is 264 g/mol. The molecule has 1 aromatic heterocycles. The normalized spacial score (nSPS) is 24.2.